The van der Waals surface area contributed by atoms with Crippen LogP contribution in [0.5, 0.6) is 0 Å². The van der Waals surface area contributed by atoms with Gasteiger partial charge in [0.2, 0.25) is 0 Å². The Labute approximate surface area is 124 Å². The second-order valence-corrected chi connectivity index (χ2v) is 5.37. The maximum atomic E-state index is 6.13. The van der Waals surface area contributed by atoms with E-state index in [1.807, 2.05) is 12.5 Å². The Kier molecular flexibility index (Phi) is 5.35. The quantitative estimate of drug-likeness (QED) is 0.628. The molecule has 6 heteroatoms. The fourth-order valence-electron chi connectivity index (χ4n) is 2.07. The zero-order valence-electron chi connectivity index (χ0n) is 11.9. The molecule has 0 amide bonds. The highest BCUT2D eigenvalue weighted by Crippen LogP contribution is 2.27. The van der Waals surface area contributed by atoms with Crippen LogP contribution in [0.4, 0.5) is 5.82 Å². The lowest BCUT2D eigenvalue weighted by Gasteiger charge is -2.14. The molecule has 2 heterocycles. The summed E-state index contributed by atoms with van der Waals surface area (Å²) in [5.74, 6) is 1.15. The minimum absolute atomic E-state index is 0.303. The van der Waals surface area contributed by atoms with Gasteiger partial charge in [0, 0.05) is 31.0 Å². The molecule has 0 aliphatic rings. The van der Waals surface area contributed by atoms with E-state index in [-0.39, 0.29) is 0 Å². The third-order valence-corrected chi connectivity index (χ3v) is 3.41. The van der Waals surface area contributed by atoms with E-state index < -0.39 is 0 Å². The second-order valence-electron chi connectivity index (χ2n) is 5.02. The lowest BCUT2D eigenvalue weighted by atomic mass is 10.1. The van der Waals surface area contributed by atoms with Gasteiger partial charge in [0.15, 0.2) is 0 Å². The van der Waals surface area contributed by atoms with Crippen LogP contribution in [0.25, 0.3) is 0 Å². The molecule has 0 aliphatic heterocycles. The van der Waals surface area contributed by atoms with E-state index in [1.165, 1.54) is 6.33 Å². The number of halogens is 1. The minimum Gasteiger partial charge on any atom is -0.370 e. The van der Waals surface area contributed by atoms with Crippen molar-refractivity contribution in [1.29, 1.82) is 0 Å². The molecular weight excluding hydrogens is 274 g/mol. The number of nitrogens with one attached hydrogen (secondary N) is 1. The zero-order chi connectivity index (χ0) is 14.4. The summed E-state index contributed by atoms with van der Waals surface area (Å²) >= 11 is 6.13. The Bertz CT molecular complexity index is 524. The van der Waals surface area contributed by atoms with Crippen molar-refractivity contribution in [3.63, 3.8) is 0 Å². The molecule has 20 heavy (non-hydrogen) atoms. The number of hydrogen-bond donors (Lipinski definition) is 1. The van der Waals surface area contributed by atoms with Crippen LogP contribution in [0, 0.1) is 0 Å². The second kappa shape index (κ2) is 7.24. The summed E-state index contributed by atoms with van der Waals surface area (Å²) in [5, 5.41) is 3.89. The van der Waals surface area contributed by atoms with Crippen molar-refractivity contribution in [3.05, 3.63) is 35.8 Å². The maximum Gasteiger partial charge on any atom is 0.138 e. The van der Waals surface area contributed by atoms with Gasteiger partial charge in [-0.25, -0.2) is 15.0 Å². The van der Waals surface area contributed by atoms with Gasteiger partial charge >= 0.3 is 0 Å². The molecule has 2 aromatic heterocycles. The highest BCUT2D eigenvalue weighted by molar-refractivity contribution is 6.30. The van der Waals surface area contributed by atoms with Gasteiger partial charge < -0.3 is 9.88 Å². The van der Waals surface area contributed by atoms with Crippen molar-refractivity contribution in [2.24, 2.45) is 0 Å². The fraction of sp³-hybridized carbons (Fsp3) is 0.500. The Balaban J connectivity index is 1.80. The standard InChI is InChI=1S/C14H20ClN5/c1-11(2)12-13(15)18-9-19-14(12)17-5-3-4-7-20-8-6-16-10-20/h6,8-11H,3-5,7H2,1-2H3,(H,17,18,19). The number of hydrogen-bond acceptors (Lipinski definition) is 4. The molecule has 0 atom stereocenters. The molecule has 2 aromatic rings. The van der Waals surface area contributed by atoms with Crippen LogP contribution in [0.2, 0.25) is 5.15 Å². The highest BCUT2D eigenvalue weighted by atomic mass is 35.5. The molecule has 0 bridgehead atoms. The van der Waals surface area contributed by atoms with Crippen LogP contribution in [0.15, 0.2) is 25.0 Å². The van der Waals surface area contributed by atoms with Crippen LogP contribution in [0.1, 0.15) is 38.2 Å². The number of nitrogens with zero attached hydrogens (tertiary/aromatic N) is 4. The predicted molar refractivity (Wildman–Crippen MR) is 81.1 cm³/mol. The van der Waals surface area contributed by atoms with Crippen molar-refractivity contribution < 1.29 is 0 Å². The van der Waals surface area contributed by atoms with E-state index in [2.05, 4.69) is 38.7 Å². The van der Waals surface area contributed by atoms with E-state index >= 15 is 0 Å². The molecule has 5 nitrogen and oxygen atoms in total. The van der Waals surface area contributed by atoms with Crippen LogP contribution in [0.3, 0.4) is 0 Å². The number of imidazole rings is 1. The number of rotatable bonds is 7. The van der Waals surface area contributed by atoms with Crippen LogP contribution < -0.4 is 5.32 Å². The monoisotopic (exact) mass is 293 g/mol. The van der Waals surface area contributed by atoms with Gasteiger partial charge in [0.05, 0.1) is 6.33 Å². The van der Waals surface area contributed by atoms with Crippen LogP contribution in [-0.4, -0.2) is 26.1 Å². The topological polar surface area (TPSA) is 55.6 Å². The molecule has 0 saturated carbocycles. The van der Waals surface area contributed by atoms with Crippen molar-refractivity contribution in [2.75, 3.05) is 11.9 Å². The van der Waals surface area contributed by atoms with E-state index in [0.717, 1.165) is 37.3 Å². The van der Waals surface area contributed by atoms with Gasteiger partial charge in [-0.1, -0.05) is 25.4 Å². The Morgan fingerprint density at radius 2 is 2.15 bits per heavy atom. The van der Waals surface area contributed by atoms with Crippen molar-refractivity contribution in [3.8, 4) is 0 Å². The summed E-state index contributed by atoms with van der Waals surface area (Å²) in [4.78, 5) is 12.4. The lowest BCUT2D eigenvalue weighted by molar-refractivity contribution is 0.620. The first-order valence-electron chi connectivity index (χ1n) is 6.88. The van der Waals surface area contributed by atoms with Crippen LogP contribution >= 0.6 is 11.6 Å². The van der Waals surface area contributed by atoms with Crippen LogP contribution in [-0.2, 0) is 6.54 Å². The Hall–Kier alpha value is -1.62. The molecule has 108 valence electrons. The van der Waals surface area contributed by atoms with Gasteiger partial charge in [-0.2, -0.15) is 0 Å². The average molecular weight is 294 g/mol. The average Bonchev–Trinajstić information content (AvgIpc) is 2.91. The van der Waals surface area contributed by atoms with E-state index in [1.54, 1.807) is 6.20 Å². The predicted octanol–water partition coefficient (Wildman–Crippen LogP) is 3.34. The van der Waals surface area contributed by atoms with Crippen molar-refractivity contribution in [2.45, 2.75) is 39.2 Å². The normalized spacial score (nSPS) is 11.0. The number of aromatic nitrogens is 4. The Morgan fingerprint density at radius 1 is 1.30 bits per heavy atom. The SMILES string of the molecule is CC(C)c1c(Cl)ncnc1NCCCCn1ccnc1. The van der Waals surface area contributed by atoms with Crippen molar-refractivity contribution in [1.82, 2.24) is 19.5 Å². The molecule has 0 unspecified atom stereocenters. The summed E-state index contributed by atoms with van der Waals surface area (Å²) < 4.78 is 2.08. The summed E-state index contributed by atoms with van der Waals surface area (Å²) in [6.45, 7) is 6.05. The first-order chi connectivity index (χ1) is 9.68. The summed E-state index contributed by atoms with van der Waals surface area (Å²) in [7, 11) is 0. The molecule has 0 aromatic carbocycles. The first kappa shape index (κ1) is 14.8. The molecular formula is C14H20ClN5. The highest BCUT2D eigenvalue weighted by Gasteiger charge is 2.12. The molecule has 0 spiro atoms. The molecule has 0 radical (unpaired) electrons. The van der Waals surface area contributed by atoms with Gasteiger partial charge in [-0.05, 0) is 18.8 Å². The Morgan fingerprint density at radius 3 is 2.85 bits per heavy atom. The van der Waals surface area contributed by atoms with E-state index in [9.17, 15) is 0 Å². The van der Waals surface area contributed by atoms with Gasteiger partial charge in [0.1, 0.15) is 17.3 Å². The smallest absolute Gasteiger partial charge is 0.138 e. The molecule has 2 rings (SSSR count). The molecule has 0 saturated heterocycles. The van der Waals surface area contributed by atoms with E-state index in [0.29, 0.717) is 11.1 Å². The molecule has 1 N–H and O–H groups in total. The molecule has 0 aliphatic carbocycles. The van der Waals surface area contributed by atoms with Gasteiger partial charge in [-0.3, -0.25) is 0 Å². The minimum atomic E-state index is 0.303. The maximum absolute atomic E-state index is 6.13. The zero-order valence-corrected chi connectivity index (χ0v) is 12.6. The van der Waals surface area contributed by atoms with Gasteiger partial charge in [0.25, 0.3) is 0 Å². The van der Waals surface area contributed by atoms with Gasteiger partial charge in [-0.15, -0.1) is 0 Å². The first-order valence-corrected chi connectivity index (χ1v) is 7.26. The van der Waals surface area contributed by atoms with Crippen molar-refractivity contribution >= 4 is 17.4 Å². The third-order valence-electron chi connectivity index (χ3n) is 3.11. The summed E-state index contributed by atoms with van der Waals surface area (Å²) in [6.07, 6.45) is 9.29. The summed E-state index contributed by atoms with van der Waals surface area (Å²) in [6, 6.07) is 0. The summed E-state index contributed by atoms with van der Waals surface area (Å²) in [5.41, 5.74) is 0.990. The van der Waals surface area contributed by atoms with E-state index in [4.69, 9.17) is 11.6 Å². The largest absolute Gasteiger partial charge is 0.370 e. The lowest BCUT2D eigenvalue weighted by Crippen LogP contribution is -2.09. The third kappa shape index (κ3) is 3.93. The number of aryl methyl sites for hydroxylation is 1. The number of anilines is 1. The molecule has 0 fully saturated rings. The fourth-order valence-corrected chi connectivity index (χ4v) is 2.42. The number of unbranched alkanes of at least 4 members (excludes halogenated alkanes) is 1.